The number of fused-ring (bicyclic) bond motifs is 1. The first kappa shape index (κ1) is 17.2. The van der Waals surface area contributed by atoms with Crippen LogP contribution in [0, 0.1) is 5.82 Å². The summed E-state index contributed by atoms with van der Waals surface area (Å²) in [7, 11) is 0. The van der Waals surface area contributed by atoms with Crippen molar-refractivity contribution < 1.29 is 23.5 Å². The molecule has 1 aromatic heterocycles. The van der Waals surface area contributed by atoms with E-state index in [0.717, 1.165) is 12.8 Å². The minimum Gasteiger partial charge on any atom is -0.479 e. The smallest absolute Gasteiger partial charge is 0.268 e. The summed E-state index contributed by atoms with van der Waals surface area (Å²) in [6.07, 6.45) is 4.49. The highest BCUT2D eigenvalue weighted by Gasteiger charge is 2.36. The van der Waals surface area contributed by atoms with E-state index in [1.807, 2.05) is 0 Å². The molecule has 0 spiro atoms. The highest BCUT2D eigenvalue weighted by Crippen LogP contribution is 2.32. The van der Waals surface area contributed by atoms with Crippen molar-refractivity contribution in [1.82, 2.24) is 4.98 Å². The second-order valence-corrected chi connectivity index (χ2v) is 7.41. The molecular weight excluding hydrogens is 363 g/mol. The van der Waals surface area contributed by atoms with Crippen molar-refractivity contribution in [3.05, 3.63) is 47.4 Å². The van der Waals surface area contributed by atoms with Crippen LogP contribution in [0.15, 0.2) is 30.5 Å². The number of ketones is 1. The minimum atomic E-state index is -0.663. The molecule has 1 amide bonds. The molecule has 1 atom stereocenters. The summed E-state index contributed by atoms with van der Waals surface area (Å²) in [5.74, 6) is 0.287. The number of rotatable bonds is 5. The maximum atomic E-state index is 14.3. The summed E-state index contributed by atoms with van der Waals surface area (Å²) in [5.41, 5.74) is 1.25. The number of anilines is 1. The van der Waals surface area contributed by atoms with Gasteiger partial charge in [-0.2, -0.15) is 0 Å². The van der Waals surface area contributed by atoms with Crippen LogP contribution < -0.4 is 14.4 Å². The molecule has 2 aromatic rings. The Kier molecular flexibility index (Phi) is 4.03. The highest BCUT2D eigenvalue weighted by molar-refractivity contribution is 6.04. The predicted octanol–water partition coefficient (Wildman–Crippen LogP) is 3.08. The quantitative estimate of drug-likeness (QED) is 0.795. The molecule has 7 heteroatoms. The number of carbonyl (C=O) groups excluding carboxylic acids is 2. The lowest BCUT2D eigenvalue weighted by atomic mass is 10.1. The number of hydrogen-bond donors (Lipinski definition) is 0. The Morgan fingerprint density at radius 2 is 1.93 bits per heavy atom. The average Bonchev–Trinajstić information content (AvgIpc) is 3.32. The maximum absolute atomic E-state index is 14.3. The van der Waals surface area contributed by atoms with Crippen LogP contribution in [0.3, 0.4) is 0 Å². The molecule has 0 unspecified atom stereocenters. The topological polar surface area (TPSA) is 68.7 Å². The average molecular weight is 382 g/mol. The van der Waals surface area contributed by atoms with Gasteiger partial charge in [-0.3, -0.25) is 9.59 Å². The molecule has 144 valence electrons. The van der Waals surface area contributed by atoms with Crippen LogP contribution in [0.25, 0.3) is 0 Å². The Hall–Kier alpha value is -2.96. The highest BCUT2D eigenvalue weighted by atomic mass is 19.1. The zero-order chi connectivity index (χ0) is 19.3. The molecule has 1 saturated carbocycles. The molecule has 3 aliphatic rings. The van der Waals surface area contributed by atoms with E-state index in [9.17, 15) is 14.0 Å². The van der Waals surface area contributed by atoms with Gasteiger partial charge < -0.3 is 14.4 Å². The molecule has 0 N–H and O–H groups in total. The summed E-state index contributed by atoms with van der Waals surface area (Å²) in [4.78, 5) is 30.4. The first-order chi connectivity index (χ1) is 13.6. The number of benzene rings is 1. The summed E-state index contributed by atoms with van der Waals surface area (Å²) >= 11 is 0. The van der Waals surface area contributed by atoms with E-state index in [4.69, 9.17) is 9.47 Å². The van der Waals surface area contributed by atoms with Gasteiger partial charge in [0.05, 0.1) is 6.20 Å². The minimum absolute atomic E-state index is 0.0743. The van der Waals surface area contributed by atoms with Gasteiger partial charge in [-0.15, -0.1) is 0 Å². The van der Waals surface area contributed by atoms with Gasteiger partial charge >= 0.3 is 0 Å². The molecule has 0 radical (unpaired) electrons. The number of aromatic nitrogens is 1. The van der Waals surface area contributed by atoms with E-state index in [2.05, 4.69) is 4.98 Å². The largest absolute Gasteiger partial charge is 0.479 e. The van der Waals surface area contributed by atoms with Gasteiger partial charge in [-0.25, -0.2) is 9.37 Å². The molecule has 0 bridgehead atoms. The fraction of sp³-hybridized carbons (Fsp3) is 0.381. The van der Waals surface area contributed by atoms with E-state index in [-0.39, 0.29) is 17.8 Å². The second-order valence-electron chi connectivity index (χ2n) is 7.41. The third-order valence-corrected chi connectivity index (χ3v) is 5.35. The molecule has 28 heavy (non-hydrogen) atoms. The van der Waals surface area contributed by atoms with Gasteiger partial charge in [0.25, 0.3) is 5.91 Å². The molecule has 5 rings (SSSR count). The van der Waals surface area contributed by atoms with Crippen LogP contribution >= 0.6 is 0 Å². The Labute approximate surface area is 161 Å². The maximum Gasteiger partial charge on any atom is 0.268 e. The summed E-state index contributed by atoms with van der Waals surface area (Å²) in [6, 6.07) is 6.42. The number of carbonyl (C=O) groups is 2. The van der Waals surface area contributed by atoms with Crippen molar-refractivity contribution in [2.24, 2.45) is 0 Å². The second kappa shape index (κ2) is 6.58. The number of Topliss-reactive ketones (excluding diaryl/α,β-unsaturated/α-hetero) is 1. The lowest BCUT2D eigenvalue weighted by Gasteiger charge is -2.18. The van der Waals surface area contributed by atoms with Gasteiger partial charge in [0.1, 0.15) is 17.7 Å². The van der Waals surface area contributed by atoms with E-state index in [1.165, 1.54) is 11.0 Å². The van der Waals surface area contributed by atoms with Gasteiger partial charge in [0, 0.05) is 36.7 Å². The van der Waals surface area contributed by atoms with Gasteiger partial charge in [0.2, 0.25) is 5.88 Å². The van der Waals surface area contributed by atoms with Gasteiger partial charge in [0.15, 0.2) is 11.9 Å². The standard InChI is InChI=1S/C21H19FN2O4/c22-17-10-12(9-16-15(17)4-5-18(16)25)24-8-7-19(21(24)26)27-14-3-6-20(23-11-14)28-13-1-2-13/h3,6,9-11,13,19H,1-2,4-5,7-8H2/t19-/m1/s1. The van der Waals surface area contributed by atoms with E-state index < -0.39 is 11.9 Å². The van der Waals surface area contributed by atoms with E-state index >= 15 is 0 Å². The fourth-order valence-electron chi connectivity index (χ4n) is 3.70. The Balaban J connectivity index is 1.29. The van der Waals surface area contributed by atoms with Crippen LogP contribution in [0.1, 0.15) is 41.6 Å². The van der Waals surface area contributed by atoms with Crippen LogP contribution in [0.5, 0.6) is 11.6 Å². The molecule has 2 fully saturated rings. The van der Waals surface area contributed by atoms with Crippen molar-refractivity contribution in [3.63, 3.8) is 0 Å². The Morgan fingerprint density at radius 3 is 2.68 bits per heavy atom. The van der Waals surface area contributed by atoms with Crippen molar-refractivity contribution >= 4 is 17.4 Å². The fourth-order valence-corrected chi connectivity index (χ4v) is 3.70. The molecule has 2 aliphatic carbocycles. The number of hydrogen-bond acceptors (Lipinski definition) is 5. The van der Waals surface area contributed by atoms with E-state index in [1.54, 1.807) is 24.4 Å². The number of pyridine rings is 1. The monoisotopic (exact) mass is 382 g/mol. The van der Waals surface area contributed by atoms with Crippen LogP contribution in [0.4, 0.5) is 10.1 Å². The lowest BCUT2D eigenvalue weighted by molar-refractivity contribution is -0.122. The molecule has 1 aliphatic heterocycles. The molecule has 6 nitrogen and oxygen atoms in total. The summed E-state index contributed by atoms with van der Waals surface area (Å²) in [6.45, 7) is 0.409. The third kappa shape index (κ3) is 3.10. The van der Waals surface area contributed by atoms with E-state index in [0.29, 0.717) is 54.3 Å². The molecule has 2 heterocycles. The lowest BCUT2D eigenvalue weighted by Crippen LogP contribution is -2.32. The van der Waals surface area contributed by atoms with Crippen LogP contribution in [0.2, 0.25) is 0 Å². The zero-order valence-corrected chi connectivity index (χ0v) is 15.2. The first-order valence-electron chi connectivity index (χ1n) is 9.55. The molecular formula is C21H19FN2O4. The number of amides is 1. The van der Waals surface area contributed by atoms with Crippen molar-refractivity contribution in [1.29, 1.82) is 0 Å². The molecule has 1 saturated heterocycles. The van der Waals surface area contributed by atoms with Crippen molar-refractivity contribution in [2.45, 2.75) is 44.3 Å². The third-order valence-electron chi connectivity index (χ3n) is 5.35. The first-order valence-corrected chi connectivity index (χ1v) is 9.55. The Morgan fingerprint density at radius 1 is 1.07 bits per heavy atom. The van der Waals surface area contributed by atoms with Gasteiger partial charge in [-0.05, 0) is 43.0 Å². The molecule has 1 aromatic carbocycles. The predicted molar refractivity (Wildman–Crippen MR) is 98.3 cm³/mol. The van der Waals surface area contributed by atoms with Crippen molar-refractivity contribution in [2.75, 3.05) is 11.4 Å². The number of ether oxygens (including phenoxy) is 2. The van der Waals surface area contributed by atoms with Crippen LogP contribution in [-0.4, -0.2) is 35.4 Å². The summed E-state index contributed by atoms with van der Waals surface area (Å²) in [5, 5.41) is 0. The normalized spacial score (nSPS) is 21.2. The number of halogens is 1. The SMILES string of the molecule is O=C1CCc2c(F)cc(N3CC[C@@H](Oc4ccc(OC5CC5)nc4)C3=O)cc21. The Bertz CT molecular complexity index is 956. The zero-order valence-electron chi connectivity index (χ0n) is 15.2. The van der Waals surface area contributed by atoms with Gasteiger partial charge in [-0.1, -0.05) is 0 Å². The van der Waals surface area contributed by atoms with Crippen LogP contribution in [-0.2, 0) is 11.2 Å². The summed E-state index contributed by atoms with van der Waals surface area (Å²) < 4.78 is 25.7. The van der Waals surface area contributed by atoms with Crippen molar-refractivity contribution in [3.8, 4) is 11.6 Å². The number of nitrogens with zero attached hydrogens (tertiary/aromatic N) is 2.